The molecular formula is C26H32ClN3O4. The van der Waals surface area contributed by atoms with Crippen molar-refractivity contribution in [1.29, 1.82) is 0 Å². The molecule has 1 aromatic carbocycles. The molecule has 0 aromatic heterocycles. The van der Waals surface area contributed by atoms with Gasteiger partial charge in [-0.05, 0) is 44.4 Å². The van der Waals surface area contributed by atoms with Crippen LogP contribution < -0.4 is 10.6 Å². The minimum absolute atomic E-state index is 0.120. The fourth-order valence-electron chi connectivity index (χ4n) is 6.20. The summed E-state index contributed by atoms with van der Waals surface area (Å²) in [7, 11) is 0. The second-order valence-corrected chi connectivity index (χ2v) is 10.5. The third-order valence-electron chi connectivity index (χ3n) is 7.97. The number of nitrogens with one attached hydrogen (secondary N) is 2. The molecular weight excluding hydrogens is 454 g/mol. The second-order valence-electron chi connectivity index (χ2n) is 10.0. The molecule has 2 saturated heterocycles. The van der Waals surface area contributed by atoms with Crippen molar-refractivity contribution in [2.45, 2.75) is 82.2 Å². The third kappa shape index (κ3) is 3.73. The molecule has 3 aliphatic heterocycles. The van der Waals surface area contributed by atoms with E-state index in [9.17, 15) is 14.4 Å². The number of anilines is 1. The first-order chi connectivity index (χ1) is 16.4. The largest absolute Gasteiger partial charge is 0.359 e. The lowest BCUT2D eigenvalue weighted by Crippen LogP contribution is -2.58. The molecule has 2 N–H and O–H groups in total. The number of halogens is 1. The van der Waals surface area contributed by atoms with Crippen molar-refractivity contribution in [2.75, 3.05) is 5.32 Å². The molecule has 6 atom stereocenters. The Morgan fingerprint density at radius 2 is 2.00 bits per heavy atom. The summed E-state index contributed by atoms with van der Waals surface area (Å²) in [5.74, 6) is -2.11. The van der Waals surface area contributed by atoms with E-state index >= 15 is 0 Å². The fourth-order valence-corrected chi connectivity index (χ4v) is 6.39. The molecule has 0 radical (unpaired) electrons. The summed E-state index contributed by atoms with van der Waals surface area (Å²) in [4.78, 5) is 42.6. The molecule has 6 unspecified atom stereocenters. The maximum absolute atomic E-state index is 13.8. The van der Waals surface area contributed by atoms with Gasteiger partial charge in [-0.2, -0.15) is 0 Å². The number of nitrogens with zero attached hydrogens (tertiary/aromatic N) is 1. The molecule has 5 rings (SSSR count). The van der Waals surface area contributed by atoms with E-state index in [4.69, 9.17) is 16.3 Å². The topological polar surface area (TPSA) is 87.7 Å². The smallest absolute Gasteiger partial charge is 0.246 e. The number of carbonyl (C=O) groups excluding carboxylic acids is 3. The monoisotopic (exact) mass is 485 g/mol. The van der Waals surface area contributed by atoms with Gasteiger partial charge < -0.3 is 20.3 Å². The first kappa shape index (κ1) is 23.4. The summed E-state index contributed by atoms with van der Waals surface area (Å²) in [5, 5.41) is 6.62. The van der Waals surface area contributed by atoms with Crippen LogP contribution in [0.3, 0.4) is 0 Å². The van der Waals surface area contributed by atoms with Gasteiger partial charge in [-0.3, -0.25) is 14.4 Å². The molecule has 7 nitrogen and oxygen atoms in total. The minimum Gasteiger partial charge on any atom is -0.359 e. The lowest BCUT2D eigenvalue weighted by atomic mass is 9.74. The Balaban J connectivity index is 1.45. The molecule has 3 amide bonds. The SMILES string of the molecule is CCC(C)N1C(=O)C2C(C(=O)Nc3cccc(Cl)c3)C3C=CC2(O3)C1C(=O)NC1CCCCC1. The highest BCUT2D eigenvalue weighted by Gasteiger charge is 2.73. The Hall–Kier alpha value is -2.38. The number of amides is 3. The summed E-state index contributed by atoms with van der Waals surface area (Å²) in [6, 6.07) is 6.10. The van der Waals surface area contributed by atoms with E-state index in [1.165, 1.54) is 6.42 Å². The quantitative estimate of drug-likeness (QED) is 0.602. The maximum Gasteiger partial charge on any atom is 0.246 e. The maximum atomic E-state index is 13.8. The fraction of sp³-hybridized carbons (Fsp3) is 0.577. The molecule has 8 heteroatoms. The van der Waals surface area contributed by atoms with Crippen molar-refractivity contribution in [3.8, 4) is 0 Å². The van der Waals surface area contributed by atoms with Crippen molar-refractivity contribution in [3.63, 3.8) is 0 Å². The Bertz CT molecular complexity index is 1020. The van der Waals surface area contributed by atoms with Crippen molar-refractivity contribution in [2.24, 2.45) is 11.8 Å². The van der Waals surface area contributed by atoms with Gasteiger partial charge in [0.1, 0.15) is 11.6 Å². The molecule has 3 fully saturated rings. The molecule has 2 bridgehead atoms. The number of fused-ring (bicyclic) bond motifs is 1. The van der Waals surface area contributed by atoms with E-state index < -0.39 is 29.6 Å². The Labute approximate surface area is 205 Å². The number of hydrogen-bond donors (Lipinski definition) is 2. The van der Waals surface area contributed by atoms with E-state index in [2.05, 4.69) is 10.6 Å². The van der Waals surface area contributed by atoms with Crippen LogP contribution in [0.4, 0.5) is 5.69 Å². The van der Waals surface area contributed by atoms with Gasteiger partial charge in [0.15, 0.2) is 0 Å². The highest BCUT2D eigenvalue weighted by atomic mass is 35.5. The van der Waals surface area contributed by atoms with Crippen LogP contribution in [0.2, 0.25) is 5.02 Å². The summed E-state index contributed by atoms with van der Waals surface area (Å²) in [5.41, 5.74) is -0.561. The van der Waals surface area contributed by atoms with Crippen LogP contribution in [0, 0.1) is 11.8 Å². The highest BCUT2D eigenvalue weighted by Crippen LogP contribution is 2.55. The standard InChI is InChI=1S/C26H32ClN3O4/c1-3-15(2)30-22(24(32)28-17-9-5-4-6-10-17)26-13-12-19(34-26)20(21(26)25(30)33)23(31)29-18-11-7-8-16(27)14-18/h7-8,11-15,17,19-22H,3-6,9-10H2,1-2H3,(H,28,32)(H,29,31). The molecule has 34 heavy (non-hydrogen) atoms. The Kier molecular flexibility index (Phi) is 6.19. The summed E-state index contributed by atoms with van der Waals surface area (Å²) in [6.07, 6.45) is 9.15. The van der Waals surface area contributed by atoms with Gasteiger partial charge in [0.25, 0.3) is 0 Å². The average molecular weight is 486 g/mol. The zero-order valence-electron chi connectivity index (χ0n) is 19.6. The van der Waals surface area contributed by atoms with Crippen LogP contribution in [0.5, 0.6) is 0 Å². The molecule has 1 saturated carbocycles. The molecule has 182 valence electrons. The van der Waals surface area contributed by atoms with E-state index in [1.54, 1.807) is 29.2 Å². The zero-order valence-corrected chi connectivity index (χ0v) is 20.4. The minimum atomic E-state index is -1.12. The predicted octanol–water partition coefficient (Wildman–Crippen LogP) is 3.68. The van der Waals surface area contributed by atoms with E-state index in [1.807, 2.05) is 26.0 Å². The van der Waals surface area contributed by atoms with Gasteiger partial charge in [0.2, 0.25) is 17.7 Å². The third-order valence-corrected chi connectivity index (χ3v) is 8.21. The Morgan fingerprint density at radius 1 is 1.24 bits per heavy atom. The van der Waals surface area contributed by atoms with Gasteiger partial charge in [0, 0.05) is 22.8 Å². The summed E-state index contributed by atoms with van der Waals surface area (Å²) >= 11 is 6.07. The normalized spacial score (nSPS) is 33.1. The van der Waals surface area contributed by atoms with Crippen molar-refractivity contribution in [3.05, 3.63) is 41.4 Å². The van der Waals surface area contributed by atoms with Crippen LogP contribution in [0.15, 0.2) is 36.4 Å². The molecule has 3 heterocycles. The predicted molar refractivity (Wildman–Crippen MR) is 129 cm³/mol. The highest BCUT2D eigenvalue weighted by molar-refractivity contribution is 6.30. The molecule has 1 spiro atoms. The van der Waals surface area contributed by atoms with Crippen LogP contribution in [-0.2, 0) is 19.1 Å². The molecule has 1 aromatic rings. The lowest BCUT2D eigenvalue weighted by molar-refractivity contribution is -0.143. The van der Waals surface area contributed by atoms with Crippen LogP contribution >= 0.6 is 11.6 Å². The summed E-state index contributed by atoms with van der Waals surface area (Å²) < 4.78 is 6.38. The van der Waals surface area contributed by atoms with Crippen molar-refractivity contribution < 1.29 is 19.1 Å². The number of benzene rings is 1. The number of carbonyl (C=O) groups is 3. The van der Waals surface area contributed by atoms with Gasteiger partial charge >= 0.3 is 0 Å². The van der Waals surface area contributed by atoms with Crippen molar-refractivity contribution in [1.82, 2.24) is 10.2 Å². The van der Waals surface area contributed by atoms with Gasteiger partial charge in [-0.15, -0.1) is 0 Å². The first-order valence-corrected chi connectivity index (χ1v) is 12.8. The Morgan fingerprint density at radius 3 is 2.71 bits per heavy atom. The van der Waals surface area contributed by atoms with E-state index in [0.717, 1.165) is 25.7 Å². The average Bonchev–Trinajstić information content (AvgIpc) is 3.46. The molecule has 1 aliphatic carbocycles. The first-order valence-electron chi connectivity index (χ1n) is 12.4. The summed E-state index contributed by atoms with van der Waals surface area (Å²) in [6.45, 7) is 3.95. The lowest BCUT2D eigenvalue weighted by Gasteiger charge is -2.36. The van der Waals surface area contributed by atoms with Gasteiger partial charge in [-0.25, -0.2) is 0 Å². The number of rotatable bonds is 6. The van der Waals surface area contributed by atoms with Crippen molar-refractivity contribution >= 4 is 35.0 Å². The van der Waals surface area contributed by atoms with E-state index in [0.29, 0.717) is 17.1 Å². The second kappa shape index (κ2) is 9.00. The van der Waals surface area contributed by atoms with Crippen LogP contribution in [0.25, 0.3) is 0 Å². The van der Waals surface area contributed by atoms with Gasteiger partial charge in [0.05, 0.1) is 17.9 Å². The number of hydrogen-bond acceptors (Lipinski definition) is 4. The van der Waals surface area contributed by atoms with Crippen LogP contribution in [0.1, 0.15) is 52.4 Å². The zero-order chi connectivity index (χ0) is 24.0. The van der Waals surface area contributed by atoms with Gasteiger partial charge in [-0.1, -0.05) is 56.0 Å². The van der Waals surface area contributed by atoms with Crippen LogP contribution in [-0.4, -0.2) is 52.5 Å². The molecule has 4 aliphatic rings. The number of likely N-dealkylation sites (tertiary alicyclic amines) is 1. The number of ether oxygens (including phenoxy) is 1. The van der Waals surface area contributed by atoms with E-state index in [-0.39, 0.29) is 29.8 Å².